The van der Waals surface area contributed by atoms with E-state index in [1.165, 1.54) is 65.6 Å². The van der Waals surface area contributed by atoms with Crippen LogP contribution in [0.4, 0.5) is 17.1 Å². The van der Waals surface area contributed by atoms with Crippen molar-refractivity contribution in [2.45, 2.75) is 0 Å². The zero-order chi connectivity index (χ0) is 38.6. The first-order valence-electron chi connectivity index (χ1n) is 20.2. The van der Waals surface area contributed by atoms with Crippen LogP contribution in [0, 0.1) is 0 Å². The van der Waals surface area contributed by atoms with Crippen LogP contribution in [-0.4, -0.2) is 4.57 Å². The fraction of sp³-hybridized carbons (Fsp3) is 0. The van der Waals surface area contributed by atoms with Crippen LogP contribution in [0.15, 0.2) is 211 Å². The van der Waals surface area contributed by atoms with Crippen molar-refractivity contribution in [3.8, 4) is 39.1 Å². The summed E-state index contributed by atoms with van der Waals surface area (Å²) in [4.78, 5) is 2.42. The molecule has 2 heterocycles. The van der Waals surface area contributed by atoms with Crippen molar-refractivity contribution in [1.29, 1.82) is 0 Å². The number of furan rings is 1. The second kappa shape index (κ2) is 12.3. The van der Waals surface area contributed by atoms with E-state index in [2.05, 4.69) is 204 Å². The van der Waals surface area contributed by atoms with E-state index in [9.17, 15) is 0 Å². The molecule has 0 radical (unpaired) electrons. The molecule has 0 aliphatic heterocycles. The fourth-order valence-corrected chi connectivity index (χ4v) is 9.84. The van der Waals surface area contributed by atoms with Gasteiger partial charge in [0.1, 0.15) is 11.2 Å². The zero-order valence-corrected chi connectivity index (χ0v) is 31.9. The predicted octanol–water partition coefficient (Wildman–Crippen LogP) is 15.8. The van der Waals surface area contributed by atoms with Crippen LogP contribution in [0.1, 0.15) is 0 Å². The van der Waals surface area contributed by atoms with Crippen LogP contribution in [0.2, 0.25) is 0 Å². The first-order valence-corrected chi connectivity index (χ1v) is 20.2. The van der Waals surface area contributed by atoms with Crippen molar-refractivity contribution in [3.05, 3.63) is 206 Å². The highest BCUT2D eigenvalue weighted by Crippen LogP contribution is 2.50. The Hall–Kier alpha value is -7.88. The van der Waals surface area contributed by atoms with Crippen molar-refractivity contribution in [2.75, 3.05) is 4.90 Å². The molecule has 13 rings (SSSR count). The molecule has 0 saturated heterocycles. The summed E-state index contributed by atoms with van der Waals surface area (Å²) in [7, 11) is 0. The predicted molar refractivity (Wildman–Crippen MR) is 248 cm³/mol. The zero-order valence-electron chi connectivity index (χ0n) is 31.9. The molecule has 0 fully saturated rings. The second-order valence-corrected chi connectivity index (χ2v) is 15.7. The summed E-state index contributed by atoms with van der Waals surface area (Å²) in [6, 6.07) is 75.3. The van der Waals surface area contributed by atoms with E-state index in [-0.39, 0.29) is 0 Å². The Morgan fingerprint density at radius 3 is 1.81 bits per heavy atom. The molecule has 1 aliphatic carbocycles. The Labute approximate surface area is 340 Å². The summed E-state index contributed by atoms with van der Waals surface area (Å²) in [5.74, 6) is 0. The minimum atomic E-state index is 0.880. The van der Waals surface area contributed by atoms with Gasteiger partial charge in [-0.25, -0.2) is 0 Å². The SMILES string of the molecule is c1ccc(-c2cc(N(c3ccc4c(c3)-c3cccc5cccc-4c35)c3ccc4oc5ccccc5c4c3)ccc2-n2c3ccccc3c3cc4ccccc4cc32)cc1. The highest BCUT2D eigenvalue weighted by Gasteiger charge is 2.25. The normalized spacial score (nSPS) is 12.1. The van der Waals surface area contributed by atoms with E-state index in [0.717, 1.165) is 55.8 Å². The smallest absolute Gasteiger partial charge is 0.135 e. The topological polar surface area (TPSA) is 21.3 Å². The summed E-state index contributed by atoms with van der Waals surface area (Å²) in [6.07, 6.45) is 0. The van der Waals surface area contributed by atoms with Crippen LogP contribution < -0.4 is 4.90 Å². The number of anilines is 3. The van der Waals surface area contributed by atoms with Crippen LogP contribution in [0.25, 0.3) is 104 Å². The molecule has 0 saturated carbocycles. The molecule has 59 heavy (non-hydrogen) atoms. The lowest BCUT2D eigenvalue weighted by Gasteiger charge is -2.28. The van der Waals surface area contributed by atoms with Gasteiger partial charge in [-0.15, -0.1) is 0 Å². The van der Waals surface area contributed by atoms with Gasteiger partial charge in [-0.1, -0.05) is 133 Å². The summed E-state index contributed by atoms with van der Waals surface area (Å²) in [5.41, 5.74) is 15.9. The van der Waals surface area contributed by atoms with Crippen LogP contribution >= 0.6 is 0 Å². The van der Waals surface area contributed by atoms with Crippen molar-refractivity contribution in [2.24, 2.45) is 0 Å². The third-order valence-corrected chi connectivity index (χ3v) is 12.5. The quantitative estimate of drug-likeness (QED) is 0.175. The third kappa shape index (κ3) is 4.76. The van der Waals surface area contributed by atoms with E-state index in [1.807, 2.05) is 12.1 Å². The van der Waals surface area contributed by atoms with Crippen LogP contribution in [0.5, 0.6) is 0 Å². The van der Waals surface area contributed by atoms with Crippen molar-refractivity contribution < 1.29 is 4.42 Å². The maximum Gasteiger partial charge on any atom is 0.135 e. The number of hydrogen-bond donors (Lipinski definition) is 0. The number of para-hydroxylation sites is 2. The van der Waals surface area contributed by atoms with Gasteiger partial charge in [-0.3, -0.25) is 0 Å². The van der Waals surface area contributed by atoms with Gasteiger partial charge in [-0.05, 0) is 122 Å². The highest BCUT2D eigenvalue weighted by molar-refractivity contribution is 6.16. The van der Waals surface area contributed by atoms with Gasteiger partial charge in [0.25, 0.3) is 0 Å². The van der Waals surface area contributed by atoms with Gasteiger partial charge in [0.15, 0.2) is 0 Å². The molecule has 0 bridgehead atoms. The third-order valence-electron chi connectivity index (χ3n) is 12.5. The summed E-state index contributed by atoms with van der Waals surface area (Å²) >= 11 is 0. The van der Waals surface area contributed by atoms with Gasteiger partial charge in [0.2, 0.25) is 0 Å². The number of fused-ring (bicyclic) bond motifs is 10. The second-order valence-electron chi connectivity index (χ2n) is 15.7. The molecule has 0 amide bonds. The number of hydrogen-bond acceptors (Lipinski definition) is 2. The van der Waals surface area contributed by atoms with E-state index in [0.29, 0.717) is 0 Å². The maximum atomic E-state index is 6.34. The summed E-state index contributed by atoms with van der Waals surface area (Å²) in [6.45, 7) is 0. The molecular weight excluding hydrogens is 717 g/mol. The molecule has 274 valence electrons. The first-order chi connectivity index (χ1) is 29.2. The Morgan fingerprint density at radius 2 is 0.966 bits per heavy atom. The van der Waals surface area contributed by atoms with E-state index in [1.54, 1.807) is 0 Å². The first kappa shape index (κ1) is 32.2. The fourth-order valence-electron chi connectivity index (χ4n) is 9.84. The van der Waals surface area contributed by atoms with Gasteiger partial charge in [0.05, 0.1) is 16.7 Å². The Bertz CT molecular complexity index is 3680. The molecule has 1 aliphatic rings. The van der Waals surface area contributed by atoms with E-state index >= 15 is 0 Å². The van der Waals surface area contributed by atoms with Crippen molar-refractivity contribution in [3.63, 3.8) is 0 Å². The molecular formula is C56H34N2O. The standard InChI is InChI=1S/C56H34N2O/c1-2-12-35(13-3-1)47-32-40(25-28-52(47)58-51-22-8-6-18-43(51)49-30-37-14-4-5-15-38(37)31-53(49)58)57(41-26-29-55-50(34-41)44-19-7-9-23-54(44)59-55)39-24-27-42-45-20-10-16-36-17-11-21-46(56(36)45)48(42)33-39/h1-34H. The van der Waals surface area contributed by atoms with Crippen molar-refractivity contribution in [1.82, 2.24) is 4.57 Å². The van der Waals surface area contributed by atoms with E-state index in [4.69, 9.17) is 4.42 Å². The average molecular weight is 751 g/mol. The molecule has 0 spiro atoms. The monoisotopic (exact) mass is 750 g/mol. The lowest BCUT2D eigenvalue weighted by atomic mass is 10.00. The van der Waals surface area contributed by atoms with Gasteiger partial charge < -0.3 is 13.9 Å². The Morgan fingerprint density at radius 1 is 0.339 bits per heavy atom. The van der Waals surface area contributed by atoms with Crippen LogP contribution in [-0.2, 0) is 0 Å². The number of rotatable bonds is 5. The van der Waals surface area contributed by atoms with Crippen molar-refractivity contribution >= 4 is 82.4 Å². The maximum absolute atomic E-state index is 6.34. The summed E-state index contributed by atoms with van der Waals surface area (Å²) < 4.78 is 8.80. The van der Waals surface area contributed by atoms with Gasteiger partial charge in [-0.2, -0.15) is 0 Å². The number of benzene rings is 10. The van der Waals surface area contributed by atoms with E-state index < -0.39 is 0 Å². The lowest BCUT2D eigenvalue weighted by molar-refractivity contribution is 0.669. The highest BCUT2D eigenvalue weighted by atomic mass is 16.3. The number of aromatic nitrogens is 1. The number of nitrogens with zero attached hydrogens (tertiary/aromatic N) is 2. The minimum Gasteiger partial charge on any atom is -0.456 e. The van der Waals surface area contributed by atoms with Gasteiger partial charge >= 0.3 is 0 Å². The molecule has 0 unspecified atom stereocenters. The molecule has 3 nitrogen and oxygen atoms in total. The Kier molecular flexibility index (Phi) is 6.72. The average Bonchev–Trinajstić information content (AvgIpc) is 3.94. The molecule has 2 aromatic heterocycles. The largest absolute Gasteiger partial charge is 0.456 e. The summed E-state index contributed by atoms with van der Waals surface area (Å²) in [5, 5.41) is 9.77. The minimum absolute atomic E-state index is 0.880. The Balaban J connectivity index is 1.08. The molecule has 0 N–H and O–H groups in total. The molecule has 3 heteroatoms. The van der Waals surface area contributed by atoms with Gasteiger partial charge in [0, 0.05) is 44.2 Å². The lowest BCUT2D eigenvalue weighted by Crippen LogP contribution is -2.11. The van der Waals surface area contributed by atoms with Crippen LogP contribution in [0.3, 0.4) is 0 Å². The molecule has 12 aromatic rings. The molecule has 0 atom stereocenters. The molecule has 10 aromatic carbocycles.